The molecule has 8 aromatic carbocycles. The molecule has 0 aliphatic rings. The zero-order valence-corrected chi connectivity index (χ0v) is 26.5. The molecule has 0 bridgehead atoms. The highest BCUT2D eigenvalue weighted by atomic mass is 32.1. The molecule has 0 nitrogen and oxygen atoms in total. The van der Waals surface area contributed by atoms with Gasteiger partial charge in [0.1, 0.15) is 0 Å². The molecule has 0 spiro atoms. The summed E-state index contributed by atoms with van der Waals surface area (Å²) < 4.78 is 4.04. The normalized spacial score (nSPS) is 11.9. The van der Waals surface area contributed by atoms with Gasteiger partial charge in [-0.1, -0.05) is 140 Å². The average molecular weight is 619 g/mol. The Morgan fingerprint density at radius 1 is 0.326 bits per heavy atom. The molecule has 0 aliphatic carbocycles. The van der Waals surface area contributed by atoms with E-state index in [-0.39, 0.29) is 0 Å². The SMILES string of the molecule is c1ccc(-c2sc3ccc4c5ccccc5sc4c3c2-c2c3ccccc3c(-c3ccc4ccccc4c3)c3ccccc23)cc1. The summed E-state index contributed by atoms with van der Waals surface area (Å²) in [4.78, 5) is 1.33. The van der Waals surface area contributed by atoms with Crippen LogP contribution in [0, 0.1) is 0 Å². The van der Waals surface area contributed by atoms with Gasteiger partial charge in [0.25, 0.3) is 0 Å². The molecule has 10 rings (SSSR count). The smallest absolute Gasteiger partial charge is 0.0448 e. The van der Waals surface area contributed by atoms with E-state index in [2.05, 4.69) is 158 Å². The summed E-state index contributed by atoms with van der Waals surface area (Å²) in [6.07, 6.45) is 0. The van der Waals surface area contributed by atoms with Gasteiger partial charge in [0.05, 0.1) is 0 Å². The van der Waals surface area contributed by atoms with Crippen LogP contribution in [0.15, 0.2) is 158 Å². The van der Waals surface area contributed by atoms with Crippen LogP contribution in [-0.2, 0) is 0 Å². The predicted molar refractivity (Wildman–Crippen MR) is 204 cm³/mol. The van der Waals surface area contributed by atoms with Crippen LogP contribution in [0.5, 0.6) is 0 Å². The van der Waals surface area contributed by atoms with Gasteiger partial charge in [0, 0.05) is 40.7 Å². The second-order valence-electron chi connectivity index (χ2n) is 12.0. The van der Waals surface area contributed by atoms with Crippen molar-refractivity contribution in [3.8, 4) is 32.7 Å². The van der Waals surface area contributed by atoms with Gasteiger partial charge in [0.2, 0.25) is 0 Å². The van der Waals surface area contributed by atoms with Gasteiger partial charge in [-0.05, 0) is 72.8 Å². The van der Waals surface area contributed by atoms with Crippen molar-refractivity contribution < 1.29 is 0 Å². The van der Waals surface area contributed by atoms with Crippen molar-refractivity contribution in [2.75, 3.05) is 0 Å². The molecular weight excluding hydrogens is 593 g/mol. The van der Waals surface area contributed by atoms with Gasteiger partial charge in [-0.15, -0.1) is 22.7 Å². The van der Waals surface area contributed by atoms with Crippen molar-refractivity contribution in [3.63, 3.8) is 0 Å². The first kappa shape index (κ1) is 26.0. The third-order valence-electron chi connectivity index (χ3n) is 9.45. The Kier molecular flexibility index (Phi) is 5.72. The van der Waals surface area contributed by atoms with E-state index in [1.807, 2.05) is 22.7 Å². The molecule has 0 N–H and O–H groups in total. The molecule has 0 radical (unpaired) electrons. The molecule has 0 unspecified atom stereocenters. The minimum absolute atomic E-state index is 1.25. The first-order valence-electron chi connectivity index (χ1n) is 15.7. The quantitative estimate of drug-likeness (QED) is 0.173. The van der Waals surface area contributed by atoms with E-state index in [0.717, 1.165) is 0 Å². The van der Waals surface area contributed by atoms with E-state index >= 15 is 0 Å². The summed E-state index contributed by atoms with van der Waals surface area (Å²) in [5, 5.41) is 11.7. The number of hydrogen-bond acceptors (Lipinski definition) is 2. The maximum Gasteiger partial charge on any atom is 0.0448 e. The van der Waals surface area contributed by atoms with Gasteiger partial charge < -0.3 is 0 Å². The van der Waals surface area contributed by atoms with Crippen molar-refractivity contribution in [3.05, 3.63) is 158 Å². The van der Waals surface area contributed by atoms with Gasteiger partial charge >= 0.3 is 0 Å². The fourth-order valence-electron chi connectivity index (χ4n) is 7.45. The fourth-order valence-corrected chi connectivity index (χ4v) is 10.00. The standard InChI is InChI=1S/C44H26S2/c1-2-13-28(14-3-1)43-42(41-38(46-43)25-24-36-31-16-10-11-21-37(31)45-44(36)41)40-34-19-8-6-17-32(34)39(33-18-7-9-20-35(33)40)30-23-22-27-12-4-5-15-29(27)26-30/h1-26H. The lowest BCUT2D eigenvalue weighted by molar-refractivity contribution is 1.68. The fraction of sp³-hybridized carbons (Fsp3) is 0. The summed E-state index contributed by atoms with van der Waals surface area (Å²) in [7, 11) is 0. The lowest BCUT2D eigenvalue weighted by atomic mass is 9.84. The van der Waals surface area contributed by atoms with Crippen LogP contribution >= 0.6 is 22.7 Å². The Hall–Kier alpha value is -5.28. The zero-order valence-electron chi connectivity index (χ0n) is 24.8. The van der Waals surface area contributed by atoms with E-state index in [1.165, 1.54) is 95.3 Å². The molecule has 0 atom stereocenters. The Bertz CT molecular complexity index is 2740. The Labute approximate surface area is 274 Å². The predicted octanol–water partition coefficient (Wildman–Crippen LogP) is 13.7. The second-order valence-corrected chi connectivity index (χ2v) is 14.1. The summed E-state index contributed by atoms with van der Waals surface area (Å²) in [6, 6.07) is 58.2. The lowest BCUT2D eigenvalue weighted by Gasteiger charge is -2.19. The van der Waals surface area contributed by atoms with Gasteiger partial charge in [0.15, 0.2) is 0 Å². The average Bonchev–Trinajstić information content (AvgIpc) is 3.69. The molecule has 0 saturated carbocycles. The van der Waals surface area contributed by atoms with E-state index in [1.54, 1.807) is 0 Å². The highest BCUT2D eigenvalue weighted by Gasteiger charge is 2.25. The molecule has 10 aromatic rings. The summed E-state index contributed by atoms with van der Waals surface area (Å²) in [5.41, 5.74) is 6.49. The molecule has 2 heteroatoms. The number of rotatable bonds is 3. The zero-order chi connectivity index (χ0) is 30.2. The van der Waals surface area contributed by atoms with Crippen LogP contribution in [-0.4, -0.2) is 0 Å². The third-order valence-corrected chi connectivity index (χ3v) is 11.9. The molecule has 0 aliphatic heterocycles. The van der Waals surface area contributed by atoms with Gasteiger partial charge in [-0.2, -0.15) is 0 Å². The van der Waals surface area contributed by atoms with Crippen molar-refractivity contribution >= 4 is 85.2 Å². The van der Waals surface area contributed by atoms with E-state index in [4.69, 9.17) is 0 Å². The highest BCUT2D eigenvalue weighted by molar-refractivity contribution is 7.28. The molecular formula is C44H26S2. The highest BCUT2D eigenvalue weighted by Crippen LogP contribution is 2.54. The number of hydrogen-bond donors (Lipinski definition) is 0. The first-order chi connectivity index (χ1) is 22.8. The summed E-state index contributed by atoms with van der Waals surface area (Å²) in [5.74, 6) is 0. The Morgan fingerprint density at radius 3 is 1.67 bits per heavy atom. The van der Waals surface area contributed by atoms with Crippen LogP contribution in [0.25, 0.3) is 95.3 Å². The van der Waals surface area contributed by atoms with Crippen molar-refractivity contribution in [1.82, 2.24) is 0 Å². The lowest BCUT2D eigenvalue weighted by Crippen LogP contribution is -1.91. The third kappa shape index (κ3) is 3.78. The maximum atomic E-state index is 2.36. The van der Waals surface area contributed by atoms with Crippen LogP contribution < -0.4 is 0 Å². The monoisotopic (exact) mass is 618 g/mol. The summed E-state index contributed by atoms with van der Waals surface area (Å²) >= 11 is 3.85. The van der Waals surface area contributed by atoms with E-state index in [0.29, 0.717) is 0 Å². The number of thiophene rings is 2. The van der Waals surface area contributed by atoms with Crippen LogP contribution in [0.1, 0.15) is 0 Å². The number of fused-ring (bicyclic) bond motifs is 8. The van der Waals surface area contributed by atoms with Gasteiger partial charge in [-0.3, -0.25) is 0 Å². The number of benzene rings is 8. The largest absolute Gasteiger partial charge is 0.134 e. The van der Waals surface area contributed by atoms with E-state index in [9.17, 15) is 0 Å². The van der Waals surface area contributed by atoms with E-state index < -0.39 is 0 Å². The molecule has 0 fully saturated rings. The van der Waals surface area contributed by atoms with Crippen molar-refractivity contribution in [1.29, 1.82) is 0 Å². The summed E-state index contributed by atoms with van der Waals surface area (Å²) in [6.45, 7) is 0. The van der Waals surface area contributed by atoms with Crippen LogP contribution in [0.2, 0.25) is 0 Å². The molecule has 0 amide bonds. The molecule has 2 heterocycles. The Balaban J connectivity index is 1.41. The molecule has 0 saturated heterocycles. The molecule has 46 heavy (non-hydrogen) atoms. The maximum absolute atomic E-state index is 2.36. The van der Waals surface area contributed by atoms with Crippen LogP contribution in [0.4, 0.5) is 0 Å². The first-order valence-corrected chi connectivity index (χ1v) is 17.3. The Morgan fingerprint density at radius 2 is 0.935 bits per heavy atom. The van der Waals surface area contributed by atoms with Crippen molar-refractivity contribution in [2.24, 2.45) is 0 Å². The van der Waals surface area contributed by atoms with Crippen molar-refractivity contribution in [2.45, 2.75) is 0 Å². The second kappa shape index (κ2) is 10.1. The minimum Gasteiger partial charge on any atom is -0.134 e. The molecule has 214 valence electrons. The topological polar surface area (TPSA) is 0 Å². The van der Waals surface area contributed by atoms with Crippen LogP contribution in [0.3, 0.4) is 0 Å². The van der Waals surface area contributed by atoms with Gasteiger partial charge in [-0.25, -0.2) is 0 Å². The minimum atomic E-state index is 1.25. The molecule has 2 aromatic heterocycles.